The van der Waals surface area contributed by atoms with E-state index in [1.165, 1.54) is 0 Å². The van der Waals surface area contributed by atoms with Crippen molar-refractivity contribution in [3.05, 3.63) is 18.2 Å². The summed E-state index contributed by atoms with van der Waals surface area (Å²) in [4.78, 5) is 0. The number of ether oxygens (including phenoxy) is 1. The fourth-order valence-corrected chi connectivity index (χ4v) is 1.72. The zero-order valence-corrected chi connectivity index (χ0v) is 10.6. The Labute approximate surface area is 103 Å². The molecular weight excluding hydrogens is 216 g/mol. The Hall–Kier alpha value is -1.42. The number of nitrogens with one attached hydrogen (secondary N) is 1. The van der Waals surface area contributed by atoms with E-state index in [1.807, 2.05) is 12.1 Å². The van der Waals surface area contributed by atoms with Gasteiger partial charge in [-0.05, 0) is 24.5 Å². The first-order valence-corrected chi connectivity index (χ1v) is 5.99. The number of nitrogen functional groups attached to an aromatic ring is 1. The van der Waals surface area contributed by atoms with Gasteiger partial charge in [-0.2, -0.15) is 0 Å². The predicted molar refractivity (Wildman–Crippen MR) is 71.4 cm³/mol. The van der Waals surface area contributed by atoms with Gasteiger partial charge in [-0.15, -0.1) is 0 Å². The van der Waals surface area contributed by atoms with Gasteiger partial charge in [-0.25, -0.2) is 0 Å². The lowest BCUT2D eigenvalue weighted by atomic mass is 10.0. The van der Waals surface area contributed by atoms with E-state index in [0.29, 0.717) is 11.6 Å². The van der Waals surface area contributed by atoms with Crippen LogP contribution in [0.1, 0.15) is 19.8 Å². The van der Waals surface area contributed by atoms with Crippen LogP contribution in [0.4, 0.5) is 11.4 Å². The summed E-state index contributed by atoms with van der Waals surface area (Å²) < 4.78 is 5.09. The van der Waals surface area contributed by atoms with Crippen molar-refractivity contribution in [2.45, 2.75) is 19.8 Å². The molecule has 0 saturated heterocycles. The summed E-state index contributed by atoms with van der Waals surface area (Å²) in [5, 5.41) is 12.2. The molecule has 17 heavy (non-hydrogen) atoms. The molecule has 0 spiro atoms. The molecule has 0 amide bonds. The van der Waals surface area contributed by atoms with Crippen LogP contribution in [-0.2, 0) is 0 Å². The molecule has 1 unspecified atom stereocenters. The van der Waals surface area contributed by atoms with Crippen molar-refractivity contribution in [3.8, 4) is 5.75 Å². The molecule has 0 aliphatic heterocycles. The Morgan fingerprint density at radius 3 is 2.76 bits per heavy atom. The molecule has 1 aromatic carbocycles. The third kappa shape index (κ3) is 4.15. The molecule has 0 aromatic heterocycles. The van der Waals surface area contributed by atoms with E-state index < -0.39 is 0 Å². The highest BCUT2D eigenvalue weighted by Gasteiger charge is 2.07. The fourth-order valence-electron chi connectivity index (χ4n) is 1.72. The summed E-state index contributed by atoms with van der Waals surface area (Å²) in [5.74, 6) is 1.23. The molecule has 4 heteroatoms. The molecule has 0 heterocycles. The van der Waals surface area contributed by atoms with Crippen LogP contribution in [0, 0.1) is 5.92 Å². The monoisotopic (exact) mass is 238 g/mol. The van der Waals surface area contributed by atoms with Crippen LogP contribution in [-0.4, -0.2) is 25.4 Å². The van der Waals surface area contributed by atoms with Crippen molar-refractivity contribution >= 4 is 11.4 Å². The number of rotatable bonds is 7. The lowest BCUT2D eigenvalue weighted by molar-refractivity contribution is 0.258. The van der Waals surface area contributed by atoms with Gasteiger partial charge in [-0.3, -0.25) is 0 Å². The Bertz CT molecular complexity index is 342. The van der Waals surface area contributed by atoms with E-state index in [2.05, 4.69) is 12.2 Å². The predicted octanol–water partition coefficient (Wildman–Crippen LogP) is 2.10. The lowest BCUT2D eigenvalue weighted by Gasteiger charge is -2.16. The summed E-state index contributed by atoms with van der Waals surface area (Å²) in [5.41, 5.74) is 7.51. The van der Waals surface area contributed by atoms with Crippen LogP contribution < -0.4 is 15.8 Å². The first-order chi connectivity index (χ1) is 8.21. The molecule has 1 rings (SSSR count). The molecule has 0 saturated carbocycles. The van der Waals surface area contributed by atoms with Gasteiger partial charge in [0.15, 0.2) is 0 Å². The number of benzene rings is 1. The first kappa shape index (κ1) is 13.6. The van der Waals surface area contributed by atoms with E-state index in [1.54, 1.807) is 13.2 Å². The van der Waals surface area contributed by atoms with Crippen LogP contribution >= 0.6 is 0 Å². The minimum atomic E-state index is 0.234. The smallest absolute Gasteiger partial charge is 0.121 e. The van der Waals surface area contributed by atoms with Crippen LogP contribution in [0.5, 0.6) is 5.75 Å². The van der Waals surface area contributed by atoms with Gasteiger partial charge in [0.2, 0.25) is 0 Å². The van der Waals surface area contributed by atoms with Crippen LogP contribution in [0.25, 0.3) is 0 Å². The summed E-state index contributed by atoms with van der Waals surface area (Å²) in [6, 6.07) is 5.60. The molecule has 96 valence electrons. The van der Waals surface area contributed by atoms with E-state index >= 15 is 0 Å². The summed E-state index contributed by atoms with van der Waals surface area (Å²) in [6.07, 6.45) is 1.86. The Balaban J connectivity index is 2.56. The van der Waals surface area contributed by atoms with Gasteiger partial charge in [0.05, 0.1) is 18.5 Å². The summed E-state index contributed by atoms with van der Waals surface area (Å²) in [7, 11) is 1.62. The second kappa shape index (κ2) is 7.01. The number of aliphatic hydroxyl groups is 1. The van der Waals surface area contributed by atoms with Crippen molar-refractivity contribution in [2.24, 2.45) is 5.92 Å². The zero-order chi connectivity index (χ0) is 12.7. The average Bonchev–Trinajstić information content (AvgIpc) is 2.35. The zero-order valence-electron chi connectivity index (χ0n) is 10.6. The maximum absolute atomic E-state index is 8.92. The number of hydrogen-bond donors (Lipinski definition) is 3. The van der Waals surface area contributed by atoms with Gasteiger partial charge < -0.3 is 20.9 Å². The third-order valence-corrected chi connectivity index (χ3v) is 2.95. The molecule has 0 aliphatic carbocycles. The third-order valence-electron chi connectivity index (χ3n) is 2.95. The van der Waals surface area contributed by atoms with Crippen molar-refractivity contribution in [3.63, 3.8) is 0 Å². The minimum absolute atomic E-state index is 0.234. The van der Waals surface area contributed by atoms with Crippen molar-refractivity contribution in [1.82, 2.24) is 0 Å². The molecule has 1 atom stereocenters. The standard InChI is InChI=1S/C13H22N2O2/c1-3-10(6-7-16)9-15-13-5-4-11(17-2)8-12(13)14/h4-5,8,10,15-16H,3,6-7,9,14H2,1-2H3. The molecule has 4 N–H and O–H groups in total. The van der Waals surface area contributed by atoms with Gasteiger partial charge in [0.25, 0.3) is 0 Å². The molecule has 1 aromatic rings. The highest BCUT2D eigenvalue weighted by molar-refractivity contribution is 5.68. The Morgan fingerprint density at radius 1 is 1.47 bits per heavy atom. The fraction of sp³-hybridized carbons (Fsp3) is 0.538. The van der Waals surface area contributed by atoms with Crippen LogP contribution in [0.2, 0.25) is 0 Å². The van der Waals surface area contributed by atoms with Crippen LogP contribution in [0.15, 0.2) is 18.2 Å². The minimum Gasteiger partial charge on any atom is -0.497 e. The summed E-state index contributed by atoms with van der Waals surface area (Å²) in [6.45, 7) is 3.19. The van der Waals surface area contributed by atoms with Crippen molar-refractivity contribution in [2.75, 3.05) is 31.3 Å². The number of hydrogen-bond acceptors (Lipinski definition) is 4. The van der Waals surface area contributed by atoms with Crippen LogP contribution in [0.3, 0.4) is 0 Å². The largest absolute Gasteiger partial charge is 0.497 e. The quantitative estimate of drug-likeness (QED) is 0.636. The Morgan fingerprint density at radius 2 is 2.24 bits per heavy atom. The van der Waals surface area contributed by atoms with E-state index in [9.17, 15) is 0 Å². The van der Waals surface area contributed by atoms with Gasteiger partial charge >= 0.3 is 0 Å². The van der Waals surface area contributed by atoms with E-state index in [0.717, 1.165) is 30.8 Å². The SMILES string of the molecule is CCC(CCO)CNc1ccc(OC)cc1N. The number of methoxy groups -OCH3 is 1. The molecule has 0 fully saturated rings. The molecule has 0 radical (unpaired) electrons. The van der Waals surface area contributed by atoms with Crippen molar-refractivity contribution < 1.29 is 9.84 Å². The Kier molecular flexibility index (Phi) is 5.63. The average molecular weight is 238 g/mol. The first-order valence-electron chi connectivity index (χ1n) is 5.99. The maximum Gasteiger partial charge on any atom is 0.121 e. The second-order valence-corrected chi connectivity index (χ2v) is 4.12. The second-order valence-electron chi connectivity index (χ2n) is 4.12. The van der Waals surface area contributed by atoms with E-state index in [-0.39, 0.29) is 6.61 Å². The molecular formula is C13H22N2O2. The molecule has 0 aliphatic rings. The normalized spacial score (nSPS) is 12.2. The number of aliphatic hydroxyl groups excluding tert-OH is 1. The topological polar surface area (TPSA) is 67.5 Å². The highest BCUT2D eigenvalue weighted by atomic mass is 16.5. The number of anilines is 2. The van der Waals surface area contributed by atoms with E-state index in [4.69, 9.17) is 15.6 Å². The van der Waals surface area contributed by atoms with Gasteiger partial charge in [0, 0.05) is 19.2 Å². The van der Waals surface area contributed by atoms with Gasteiger partial charge in [0.1, 0.15) is 5.75 Å². The lowest BCUT2D eigenvalue weighted by Crippen LogP contribution is -2.15. The van der Waals surface area contributed by atoms with Crippen molar-refractivity contribution in [1.29, 1.82) is 0 Å². The number of nitrogens with two attached hydrogens (primary N) is 1. The molecule has 4 nitrogen and oxygen atoms in total. The summed E-state index contributed by atoms with van der Waals surface area (Å²) >= 11 is 0. The highest BCUT2D eigenvalue weighted by Crippen LogP contribution is 2.24. The maximum atomic E-state index is 8.92. The molecule has 0 bridgehead atoms. The van der Waals surface area contributed by atoms with Gasteiger partial charge in [-0.1, -0.05) is 13.3 Å².